The van der Waals surface area contributed by atoms with Crippen molar-refractivity contribution in [3.63, 3.8) is 0 Å². The normalized spacial score (nSPS) is 11.0. The van der Waals surface area contributed by atoms with Crippen LogP contribution in [0.4, 0.5) is 0 Å². The van der Waals surface area contributed by atoms with Gasteiger partial charge in [0, 0.05) is 11.9 Å². The van der Waals surface area contributed by atoms with Gasteiger partial charge in [0.15, 0.2) is 0 Å². The van der Waals surface area contributed by atoms with Gasteiger partial charge in [0.1, 0.15) is 0 Å². The van der Waals surface area contributed by atoms with E-state index in [1.54, 1.807) is 0 Å². The molecule has 0 aliphatic rings. The molecule has 0 unspecified atom stereocenters. The first kappa shape index (κ1) is 10.2. The van der Waals surface area contributed by atoms with Crippen LogP contribution < -0.4 is 5.32 Å². The number of hydrogen-bond donors (Lipinski definition) is 1. The van der Waals surface area contributed by atoms with Crippen molar-refractivity contribution in [2.24, 2.45) is 0 Å². The summed E-state index contributed by atoms with van der Waals surface area (Å²) in [7, 11) is 0. The third-order valence-corrected chi connectivity index (χ3v) is 2.48. The fourth-order valence-electron chi connectivity index (χ4n) is 1.69. The Bertz CT molecular complexity index is 419. The molecule has 1 aromatic heterocycles. The molecule has 2 aromatic rings. The van der Waals surface area contributed by atoms with Crippen LogP contribution >= 0.6 is 0 Å². The van der Waals surface area contributed by atoms with Gasteiger partial charge in [-0.05, 0) is 19.0 Å². The highest BCUT2D eigenvalue weighted by Gasteiger charge is 1.99. The number of rotatable bonds is 5. The molecule has 0 radical (unpaired) electrons. The van der Waals surface area contributed by atoms with Crippen LogP contribution in [0.5, 0.6) is 0 Å². The first-order valence-corrected chi connectivity index (χ1v) is 5.53. The average molecular weight is 203 g/mol. The number of aromatic nitrogens is 2. The molecule has 1 N–H and O–H groups in total. The Kier molecular flexibility index (Phi) is 3.35. The second-order valence-electron chi connectivity index (χ2n) is 3.68. The van der Waals surface area contributed by atoms with E-state index in [2.05, 4.69) is 40.2 Å². The van der Waals surface area contributed by atoms with Crippen molar-refractivity contribution in [1.29, 1.82) is 0 Å². The molecule has 3 nitrogen and oxygen atoms in total. The van der Waals surface area contributed by atoms with Gasteiger partial charge < -0.3 is 5.32 Å². The van der Waals surface area contributed by atoms with Crippen LogP contribution in [0.25, 0.3) is 10.9 Å². The van der Waals surface area contributed by atoms with Crippen molar-refractivity contribution in [2.45, 2.75) is 19.9 Å². The first-order chi connectivity index (χ1) is 7.42. The third-order valence-electron chi connectivity index (χ3n) is 2.48. The summed E-state index contributed by atoms with van der Waals surface area (Å²) in [6.07, 6.45) is 3.11. The van der Waals surface area contributed by atoms with Crippen LogP contribution in [0.3, 0.4) is 0 Å². The predicted molar refractivity (Wildman–Crippen MR) is 62.9 cm³/mol. The lowest BCUT2D eigenvalue weighted by atomic mass is 10.2. The smallest absolute Gasteiger partial charge is 0.0682 e. The first-order valence-electron chi connectivity index (χ1n) is 5.53. The standard InChI is InChI=1S/C12H17N3/c1-2-7-13-8-9-15-12-6-4-3-5-11(12)10-14-15/h3-6,10,13H,2,7-9H2,1H3. The minimum absolute atomic E-state index is 0.938. The van der Waals surface area contributed by atoms with Gasteiger partial charge in [-0.15, -0.1) is 0 Å². The van der Waals surface area contributed by atoms with Crippen molar-refractivity contribution in [2.75, 3.05) is 13.1 Å². The van der Waals surface area contributed by atoms with Gasteiger partial charge in [-0.1, -0.05) is 25.1 Å². The van der Waals surface area contributed by atoms with Gasteiger partial charge in [-0.2, -0.15) is 5.10 Å². The molecule has 0 bridgehead atoms. The molecule has 0 spiro atoms. The summed E-state index contributed by atoms with van der Waals surface area (Å²) >= 11 is 0. The Morgan fingerprint density at radius 2 is 2.13 bits per heavy atom. The molecule has 2 rings (SSSR count). The maximum Gasteiger partial charge on any atom is 0.0682 e. The summed E-state index contributed by atoms with van der Waals surface area (Å²) in [5.74, 6) is 0. The van der Waals surface area contributed by atoms with E-state index in [0.717, 1.165) is 19.6 Å². The largest absolute Gasteiger partial charge is 0.315 e. The molecule has 3 heteroatoms. The zero-order valence-electron chi connectivity index (χ0n) is 9.11. The topological polar surface area (TPSA) is 29.9 Å². The van der Waals surface area contributed by atoms with E-state index in [1.165, 1.54) is 17.3 Å². The van der Waals surface area contributed by atoms with Crippen LogP contribution in [0, 0.1) is 0 Å². The van der Waals surface area contributed by atoms with Crippen molar-refractivity contribution >= 4 is 10.9 Å². The van der Waals surface area contributed by atoms with E-state index in [1.807, 2.05) is 12.3 Å². The maximum absolute atomic E-state index is 4.37. The number of benzene rings is 1. The van der Waals surface area contributed by atoms with Crippen LogP contribution in [0.15, 0.2) is 30.5 Å². The molecule has 0 saturated carbocycles. The number of fused-ring (bicyclic) bond motifs is 1. The van der Waals surface area contributed by atoms with Crippen LogP contribution in [-0.2, 0) is 6.54 Å². The number of nitrogens with zero attached hydrogens (tertiary/aromatic N) is 2. The second-order valence-corrected chi connectivity index (χ2v) is 3.68. The SMILES string of the molecule is CCCNCCn1ncc2ccccc21. The Hall–Kier alpha value is -1.35. The second kappa shape index (κ2) is 4.94. The third kappa shape index (κ3) is 2.36. The molecule has 15 heavy (non-hydrogen) atoms. The van der Waals surface area contributed by atoms with Gasteiger partial charge in [-0.3, -0.25) is 4.68 Å². The summed E-state index contributed by atoms with van der Waals surface area (Å²) in [5, 5.41) is 8.96. The molecule has 0 fully saturated rings. The lowest BCUT2D eigenvalue weighted by molar-refractivity contribution is 0.565. The molecule has 1 heterocycles. The molecule has 1 aromatic carbocycles. The number of nitrogens with one attached hydrogen (secondary N) is 1. The van der Waals surface area contributed by atoms with E-state index in [-0.39, 0.29) is 0 Å². The Morgan fingerprint density at radius 3 is 3.00 bits per heavy atom. The van der Waals surface area contributed by atoms with Crippen LogP contribution in [0.1, 0.15) is 13.3 Å². The summed E-state index contributed by atoms with van der Waals surface area (Å²) in [6.45, 7) is 5.18. The van der Waals surface area contributed by atoms with E-state index in [9.17, 15) is 0 Å². The highest BCUT2D eigenvalue weighted by molar-refractivity contribution is 5.78. The van der Waals surface area contributed by atoms with Gasteiger partial charge in [0.05, 0.1) is 18.3 Å². The summed E-state index contributed by atoms with van der Waals surface area (Å²) in [6, 6.07) is 8.31. The van der Waals surface area contributed by atoms with Crippen molar-refractivity contribution in [3.05, 3.63) is 30.5 Å². The zero-order valence-corrected chi connectivity index (χ0v) is 9.11. The molecular formula is C12H17N3. The highest BCUT2D eigenvalue weighted by atomic mass is 15.3. The van der Waals surface area contributed by atoms with Gasteiger partial charge in [-0.25, -0.2) is 0 Å². The minimum atomic E-state index is 0.938. The Morgan fingerprint density at radius 1 is 1.27 bits per heavy atom. The molecule has 80 valence electrons. The van der Waals surface area contributed by atoms with Crippen LogP contribution in [-0.4, -0.2) is 22.9 Å². The van der Waals surface area contributed by atoms with Gasteiger partial charge in [0.25, 0.3) is 0 Å². The molecule has 0 aliphatic carbocycles. The van der Waals surface area contributed by atoms with Crippen molar-refractivity contribution in [3.8, 4) is 0 Å². The quantitative estimate of drug-likeness (QED) is 0.754. The van der Waals surface area contributed by atoms with Crippen LogP contribution in [0.2, 0.25) is 0 Å². The zero-order chi connectivity index (χ0) is 10.5. The van der Waals surface area contributed by atoms with E-state index in [4.69, 9.17) is 0 Å². The molecule has 0 aliphatic heterocycles. The summed E-state index contributed by atoms with van der Waals surface area (Å²) in [5.41, 5.74) is 1.22. The van der Waals surface area contributed by atoms with Gasteiger partial charge >= 0.3 is 0 Å². The van der Waals surface area contributed by atoms with Crippen molar-refractivity contribution in [1.82, 2.24) is 15.1 Å². The van der Waals surface area contributed by atoms with E-state index < -0.39 is 0 Å². The average Bonchev–Trinajstić information content (AvgIpc) is 2.68. The number of hydrogen-bond acceptors (Lipinski definition) is 2. The summed E-state index contributed by atoms with van der Waals surface area (Å²) in [4.78, 5) is 0. The lowest BCUT2D eigenvalue weighted by Crippen LogP contribution is -2.20. The van der Waals surface area contributed by atoms with Gasteiger partial charge in [0.2, 0.25) is 0 Å². The fraction of sp³-hybridized carbons (Fsp3) is 0.417. The number of para-hydroxylation sites is 1. The molecule has 0 atom stereocenters. The Labute approximate surface area is 90.1 Å². The molecular weight excluding hydrogens is 186 g/mol. The predicted octanol–water partition coefficient (Wildman–Crippen LogP) is 2.04. The molecule has 0 amide bonds. The summed E-state index contributed by atoms with van der Waals surface area (Å²) < 4.78 is 2.05. The highest BCUT2D eigenvalue weighted by Crippen LogP contribution is 2.11. The van der Waals surface area contributed by atoms with E-state index >= 15 is 0 Å². The maximum atomic E-state index is 4.37. The molecule has 0 saturated heterocycles. The van der Waals surface area contributed by atoms with E-state index in [0.29, 0.717) is 0 Å². The Balaban J connectivity index is 2.02. The monoisotopic (exact) mass is 203 g/mol. The fourth-order valence-corrected chi connectivity index (χ4v) is 1.69. The minimum Gasteiger partial charge on any atom is -0.315 e. The lowest BCUT2D eigenvalue weighted by Gasteiger charge is -2.04. The van der Waals surface area contributed by atoms with Crippen molar-refractivity contribution < 1.29 is 0 Å².